The van der Waals surface area contributed by atoms with E-state index in [4.69, 9.17) is 10.1 Å². The first-order chi connectivity index (χ1) is 16.5. The van der Waals surface area contributed by atoms with Crippen LogP contribution >= 0.6 is 38.6 Å². The van der Waals surface area contributed by atoms with Gasteiger partial charge in [0.15, 0.2) is 5.69 Å². The smallest absolute Gasteiger partial charge is 0.283 e. The largest absolute Gasteiger partial charge is 0.297 e. The van der Waals surface area contributed by atoms with Gasteiger partial charge in [-0.15, -0.1) is 22.7 Å². The molecule has 3 aromatic heterocycles. The van der Waals surface area contributed by atoms with Crippen molar-refractivity contribution in [2.45, 2.75) is 6.92 Å². The number of para-hydroxylation sites is 1. The zero-order valence-corrected chi connectivity index (χ0v) is 21.6. The molecule has 0 fully saturated rings. The molecule has 6 nitrogen and oxygen atoms in total. The maximum atomic E-state index is 13.4. The second-order valence-corrected chi connectivity index (χ2v) is 10.2. The second-order valence-electron chi connectivity index (χ2n) is 7.50. The van der Waals surface area contributed by atoms with Crippen molar-refractivity contribution in [2.24, 2.45) is 17.1 Å². The molecule has 0 aliphatic rings. The predicted molar refractivity (Wildman–Crippen MR) is 144 cm³/mol. The Kier molecular flexibility index (Phi) is 6.32. The normalized spacial score (nSPS) is 12.1. The average Bonchev–Trinajstić information content (AvgIpc) is 3.56. The van der Waals surface area contributed by atoms with Crippen LogP contribution in [-0.2, 0) is 7.05 Å². The van der Waals surface area contributed by atoms with Gasteiger partial charge in [-0.2, -0.15) is 5.10 Å². The van der Waals surface area contributed by atoms with Crippen LogP contribution in [0.3, 0.4) is 0 Å². The first-order valence-corrected chi connectivity index (χ1v) is 13.0. The summed E-state index contributed by atoms with van der Waals surface area (Å²) >= 11 is 6.56. The molecule has 0 saturated carbocycles. The van der Waals surface area contributed by atoms with Crippen LogP contribution in [-0.4, -0.2) is 20.3 Å². The summed E-state index contributed by atoms with van der Waals surface area (Å²) in [5.41, 5.74) is 3.72. The molecular weight excluding hydrogens is 530 g/mol. The number of halogens is 1. The zero-order chi connectivity index (χ0) is 23.7. The summed E-state index contributed by atoms with van der Waals surface area (Å²) in [6.07, 6.45) is 1.82. The van der Waals surface area contributed by atoms with Gasteiger partial charge in [0.1, 0.15) is 0 Å². The molecule has 0 saturated heterocycles. The summed E-state index contributed by atoms with van der Waals surface area (Å²) in [6.45, 7) is 1.90. The lowest BCUT2D eigenvalue weighted by Gasteiger charge is -2.07. The quantitative estimate of drug-likeness (QED) is 0.250. The third-order valence-corrected chi connectivity index (χ3v) is 7.55. The highest BCUT2D eigenvalue weighted by Gasteiger charge is 2.16. The molecule has 0 bridgehead atoms. The fourth-order valence-corrected chi connectivity index (χ4v) is 5.25. The van der Waals surface area contributed by atoms with E-state index >= 15 is 0 Å². The molecule has 0 unspecified atom stereocenters. The van der Waals surface area contributed by atoms with Gasteiger partial charge in [-0.1, -0.05) is 52.3 Å². The monoisotopic (exact) mass is 549 g/mol. The highest BCUT2D eigenvalue weighted by atomic mass is 79.9. The molecule has 2 aromatic carbocycles. The first-order valence-electron chi connectivity index (χ1n) is 10.5. The van der Waals surface area contributed by atoms with Crippen LogP contribution in [0.25, 0.3) is 16.9 Å². The van der Waals surface area contributed by atoms with Gasteiger partial charge in [-0.3, -0.25) is 9.48 Å². The first kappa shape index (κ1) is 22.5. The third kappa shape index (κ3) is 4.29. The van der Waals surface area contributed by atoms with Crippen molar-refractivity contribution in [3.05, 3.63) is 108 Å². The number of hydrogen-bond donors (Lipinski definition) is 0. The molecule has 0 aliphatic carbocycles. The maximum absolute atomic E-state index is 13.4. The molecule has 9 heteroatoms. The summed E-state index contributed by atoms with van der Waals surface area (Å²) in [5, 5.41) is 8.77. The van der Waals surface area contributed by atoms with Crippen LogP contribution in [0.4, 0.5) is 5.69 Å². The van der Waals surface area contributed by atoms with Crippen molar-refractivity contribution < 1.29 is 0 Å². The topological polar surface area (TPSA) is 56.6 Å². The van der Waals surface area contributed by atoms with E-state index in [9.17, 15) is 4.79 Å². The van der Waals surface area contributed by atoms with E-state index in [1.165, 1.54) is 11.3 Å². The van der Waals surface area contributed by atoms with Gasteiger partial charge in [-0.05, 0) is 42.6 Å². The van der Waals surface area contributed by atoms with Gasteiger partial charge in [-0.25, -0.2) is 14.4 Å². The van der Waals surface area contributed by atoms with Gasteiger partial charge >= 0.3 is 0 Å². The Balaban J connectivity index is 1.69. The van der Waals surface area contributed by atoms with Crippen molar-refractivity contribution in [1.82, 2.24) is 14.0 Å². The van der Waals surface area contributed by atoms with Crippen LogP contribution in [0.1, 0.15) is 10.6 Å². The van der Waals surface area contributed by atoms with E-state index in [1.807, 2.05) is 102 Å². The Morgan fingerprint density at radius 3 is 2.44 bits per heavy atom. The third-order valence-electron chi connectivity index (χ3n) is 5.40. The Morgan fingerprint density at radius 2 is 1.74 bits per heavy atom. The number of thiazole rings is 1. The van der Waals surface area contributed by atoms with Crippen molar-refractivity contribution >= 4 is 50.5 Å². The van der Waals surface area contributed by atoms with Gasteiger partial charge < -0.3 is 0 Å². The molecule has 0 radical (unpaired) electrons. The minimum absolute atomic E-state index is 0.168. The highest BCUT2D eigenvalue weighted by Crippen LogP contribution is 2.23. The van der Waals surface area contributed by atoms with Crippen molar-refractivity contribution in [1.29, 1.82) is 0 Å². The van der Waals surface area contributed by atoms with E-state index in [0.717, 1.165) is 32.0 Å². The van der Waals surface area contributed by atoms with Crippen molar-refractivity contribution in [2.75, 3.05) is 0 Å². The molecule has 0 aliphatic heterocycles. The van der Waals surface area contributed by atoms with E-state index in [-0.39, 0.29) is 5.56 Å². The van der Waals surface area contributed by atoms with Crippen LogP contribution in [0.2, 0.25) is 0 Å². The fraction of sp³-hybridized carbons (Fsp3) is 0.0800. The van der Waals surface area contributed by atoms with Gasteiger partial charge in [0.25, 0.3) is 5.56 Å². The number of nitrogens with zero attached hydrogens (tertiary/aromatic N) is 5. The summed E-state index contributed by atoms with van der Waals surface area (Å²) in [7, 11) is 1.87. The molecule has 0 atom stereocenters. The average molecular weight is 551 g/mol. The fourth-order valence-electron chi connectivity index (χ4n) is 3.57. The number of thiophene rings is 1. The summed E-state index contributed by atoms with van der Waals surface area (Å²) in [5.74, 6) is 0. The molecular formula is C25H20BrN5OS2. The van der Waals surface area contributed by atoms with Gasteiger partial charge in [0, 0.05) is 27.3 Å². The maximum Gasteiger partial charge on any atom is 0.297 e. The minimum atomic E-state index is -0.168. The lowest BCUT2D eigenvalue weighted by molar-refractivity contribution is 0.630. The van der Waals surface area contributed by atoms with Crippen LogP contribution in [0.5, 0.6) is 0 Å². The molecule has 170 valence electrons. The Bertz CT molecular complexity index is 1590. The molecule has 34 heavy (non-hydrogen) atoms. The van der Waals surface area contributed by atoms with E-state index in [0.29, 0.717) is 10.5 Å². The molecule has 0 N–H and O–H groups in total. The number of benzene rings is 2. The van der Waals surface area contributed by atoms with Crippen LogP contribution in [0, 0.1) is 6.92 Å². The molecule has 5 rings (SSSR count). The van der Waals surface area contributed by atoms with Crippen LogP contribution in [0.15, 0.2) is 96.9 Å². The molecule has 0 amide bonds. The van der Waals surface area contributed by atoms with Crippen molar-refractivity contribution in [3.8, 4) is 16.9 Å². The number of aromatic nitrogens is 3. The zero-order valence-electron chi connectivity index (χ0n) is 18.4. The summed E-state index contributed by atoms with van der Waals surface area (Å²) in [6, 6.07) is 21.6. The molecule has 3 heterocycles. The Morgan fingerprint density at radius 1 is 0.971 bits per heavy atom. The highest BCUT2D eigenvalue weighted by molar-refractivity contribution is 9.10. The lowest BCUT2D eigenvalue weighted by Crippen LogP contribution is -2.19. The minimum Gasteiger partial charge on any atom is -0.283 e. The summed E-state index contributed by atoms with van der Waals surface area (Å²) in [4.78, 5) is 19.9. The van der Waals surface area contributed by atoms with E-state index < -0.39 is 0 Å². The van der Waals surface area contributed by atoms with E-state index in [2.05, 4.69) is 15.9 Å². The SMILES string of the molecule is Cc1c(N=c2scc(-c3ccc(Br)cc3)n2N=Cc2cccs2)c(=O)n(-c2ccccc2)n1C. The van der Waals surface area contributed by atoms with Crippen LogP contribution < -0.4 is 10.4 Å². The standard InChI is InChI=1S/C25H20BrN5OS2/c1-17-23(24(32)31(29(17)2)20-7-4-3-5-8-20)28-25-30(27-15-21-9-6-14-33-21)22(16-34-25)18-10-12-19(26)13-11-18/h3-16H,1-2H3. The molecule has 0 spiro atoms. The second kappa shape index (κ2) is 9.54. The Hall–Kier alpha value is -3.27. The molecule has 5 aromatic rings. The van der Waals surface area contributed by atoms with Crippen molar-refractivity contribution in [3.63, 3.8) is 0 Å². The van der Waals surface area contributed by atoms with Gasteiger partial charge in [0.2, 0.25) is 4.80 Å². The predicted octanol–water partition coefficient (Wildman–Crippen LogP) is 5.95. The van der Waals surface area contributed by atoms with E-state index in [1.54, 1.807) is 20.7 Å². The number of rotatable bonds is 5. The summed E-state index contributed by atoms with van der Waals surface area (Å²) < 4.78 is 6.27. The number of hydrogen-bond acceptors (Lipinski definition) is 5. The Labute approximate surface area is 212 Å². The van der Waals surface area contributed by atoms with Gasteiger partial charge in [0.05, 0.1) is 23.3 Å². The lowest BCUT2D eigenvalue weighted by atomic mass is 10.2.